The van der Waals surface area contributed by atoms with Crippen molar-refractivity contribution in [3.05, 3.63) is 54.1 Å². The molecule has 1 atom stereocenters. The number of ether oxygens (including phenoxy) is 1. The summed E-state index contributed by atoms with van der Waals surface area (Å²) in [5.74, 6) is -0.372. The Kier molecular flexibility index (Phi) is 3.63. The number of benzene rings is 1. The maximum absolute atomic E-state index is 11.9. The molecule has 18 heavy (non-hydrogen) atoms. The van der Waals surface area contributed by atoms with Crippen LogP contribution in [0.3, 0.4) is 0 Å². The lowest BCUT2D eigenvalue weighted by molar-refractivity contribution is -0.147. The zero-order valence-corrected chi connectivity index (χ0v) is 10.4. The van der Waals surface area contributed by atoms with E-state index in [4.69, 9.17) is 10.5 Å². The Balaban J connectivity index is 2.21. The van der Waals surface area contributed by atoms with Gasteiger partial charge in [-0.05, 0) is 18.1 Å². The summed E-state index contributed by atoms with van der Waals surface area (Å²) < 4.78 is 5.03. The summed E-state index contributed by atoms with van der Waals surface area (Å²) in [6, 6.07) is 9.92. The second kappa shape index (κ2) is 5.19. The third kappa shape index (κ3) is 2.51. The fraction of sp³-hybridized carbons (Fsp3) is 0.267. The first-order valence-electron chi connectivity index (χ1n) is 6.05. The predicted octanol–water partition coefficient (Wildman–Crippen LogP) is 2.29. The molecule has 0 aromatic heterocycles. The fourth-order valence-corrected chi connectivity index (χ4v) is 2.03. The van der Waals surface area contributed by atoms with E-state index in [1.165, 1.54) is 0 Å². The summed E-state index contributed by atoms with van der Waals surface area (Å²) in [6.07, 6.45) is 5.98. The molecule has 0 aliphatic heterocycles. The van der Waals surface area contributed by atoms with E-state index in [-0.39, 0.29) is 5.97 Å². The van der Waals surface area contributed by atoms with Crippen LogP contribution in [0.5, 0.6) is 0 Å². The lowest BCUT2D eigenvalue weighted by Gasteiger charge is -2.27. The molecule has 3 heteroatoms. The number of carbonyl (C=O) groups excluding carboxylic acids is 1. The monoisotopic (exact) mass is 243 g/mol. The number of nitrogens with two attached hydrogens (primary N) is 1. The van der Waals surface area contributed by atoms with Gasteiger partial charge in [0, 0.05) is 6.42 Å². The summed E-state index contributed by atoms with van der Waals surface area (Å²) in [6.45, 7) is 2.12. The molecule has 0 saturated heterocycles. The third-order valence-corrected chi connectivity index (χ3v) is 2.97. The largest absolute Gasteiger partial charge is 0.464 e. The van der Waals surface area contributed by atoms with Crippen LogP contribution >= 0.6 is 0 Å². The van der Waals surface area contributed by atoms with E-state index in [0.717, 1.165) is 11.1 Å². The molecule has 1 unspecified atom stereocenters. The first-order valence-corrected chi connectivity index (χ1v) is 6.05. The lowest BCUT2D eigenvalue weighted by atomic mass is 9.84. The van der Waals surface area contributed by atoms with Crippen molar-refractivity contribution >= 4 is 11.5 Å². The lowest BCUT2D eigenvalue weighted by Crippen LogP contribution is -2.48. The number of esters is 1. The molecule has 3 nitrogen and oxygen atoms in total. The molecule has 0 fully saturated rings. The molecule has 1 aromatic carbocycles. The molecule has 1 aromatic rings. The van der Waals surface area contributed by atoms with Crippen molar-refractivity contribution < 1.29 is 9.53 Å². The average Bonchev–Trinajstić information content (AvgIpc) is 2.40. The second-order valence-electron chi connectivity index (χ2n) is 4.35. The molecule has 1 aliphatic rings. The van der Waals surface area contributed by atoms with Gasteiger partial charge in [0.1, 0.15) is 5.54 Å². The van der Waals surface area contributed by atoms with Crippen molar-refractivity contribution in [2.75, 3.05) is 6.61 Å². The van der Waals surface area contributed by atoms with E-state index in [1.807, 2.05) is 42.5 Å². The average molecular weight is 243 g/mol. The van der Waals surface area contributed by atoms with E-state index in [2.05, 4.69) is 0 Å². The number of hydrogen-bond acceptors (Lipinski definition) is 3. The number of rotatable bonds is 3. The van der Waals surface area contributed by atoms with Gasteiger partial charge >= 0.3 is 5.97 Å². The van der Waals surface area contributed by atoms with Gasteiger partial charge in [0.2, 0.25) is 0 Å². The molecule has 0 bridgehead atoms. The van der Waals surface area contributed by atoms with Crippen molar-refractivity contribution in [1.29, 1.82) is 0 Å². The van der Waals surface area contributed by atoms with Gasteiger partial charge in [0.05, 0.1) is 6.61 Å². The van der Waals surface area contributed by atoms with Gasteiger partial charge in [-0.1, -0.05) is 48.6 Å². The van der Waals surface area contributed by atoms with Crippen LogP contribution < -0.4 is 5.73 Å². The Bertz CT molecular complexity index is 490. The molecule has 94 valence electrons. The number of hydrogen-bond donors (Lipinski definition) is 1. The minimum atomic E-state index is -1.05. The van der Waals surface area contributed by atoms with Gasteiger partial charge in [-0.3, -0.25) is 0 Å². The van der Waals surface area contributed by atoms with E-state index >= 15 is 0 Å². The number of allylic oxidation sites excluding steroid dienone is 2. The maximum atomic E-state index is 11.9. The van der Waals surface area contributed by atoms with Crippen LogP contribution in [0, 0.1) is 0 Å². The molecule has 0 heterocycles. The van der Waals surface area contributed by atoms with Gasteiger partial charge in [-0.15, -0.1) is 0 Å². The van der Waals surface area contributed by atoms with Crippen molar-refractivity contribution in [1.82, 2.24) is 0 Å². The fourth-order valence-electron chi connectivity index (χ4n) is 2.03. The summed E-state index contributed by atoms with van der Waals surface area (Å²) in [7, 11) is 0. The minimum Gasteiger partial charge on any atom is -0.464 e. The Hall–Kier alpha value is -1.87. The van der Waals surface area contributed by atoms with Crippen LogP contribution in [0.4, 0.5) is 0 Å². The molecule has 1 aliphatic carbocycles. The van der Waals surface area contributed by atoms with E-state index in [9.17, 15) is 4.79 Å². The standard InChI is InChI=1S/C15H17NO2/c1-2-18-14(17)15(16)10-6-9-13(11-15)12-7-4-3-5-8-12/h3-10H,2,11,16H2,1H3. The normalized spacial score (nSPS) is 22.4. The molecule has 0 amide bonds. The zero-order chi connectivity index (χ0) is 13.0. The van der Waals surface area contributed by atoms with Crippen molar-refractivity contribution in [3.8, 4) is 0 Å². The van der Waals surface area contributed by atoms with Crippen LogP contribution in [-0.4, -0.2) is 18.1 Å². The quantitative estimate of drug-likeness (QED) is 0.829. The molecular weight excluding hydrogens is 226 g/mol. The molecule has 2 N–H and O–H groups in total. The Labute approximate surface area is 107 Å². The first kappa shape index (κ1) is 12.6. The van der Waals surface area contributed by atoms with E-state index in [0.29, 0.717) is 13.0 Å². The Morgan fingerprint density at radius 3 is 2.78 bits per heavy atom. The van der Waals surface area contributed by atoms with Crippen LogP contribution in [0.1, 0.15) is 18.9 Å². The van der Waals surface area contributed by atoms with Gasteiger partial charge in [-0.2, -0.15) is 0 Å². The Morgan fingerprint density at radius 1 is 1.39 bits per heavy atom. The van der Waals surface area contributed by atoms with Crippen molar-refractivity contribution in [3.63, 3.8) is 0 Å². The zero-order valence-electron chi connectivity index (χ0n) is 10.4. The smallest absolute Gasteiger partial charge is 0.330 e. The second-order valence-corrected chi connectivity index (χ2v) is 4.35. The predicted molar refractivity (Wildman–Crippen MR) is 71.7 cm³/mol. The summed E-state index contributed by atoms with van der Waals surface area (Å²) in [5, 5.41) is 0. The highest BCUT2D eigenvalue weighted by Crippen LogP contribution is 2.29. The topological polar surface area (TPSA) is 52.3 Å². The highest BCUT2D eigenvalue weighted by Gasteiger charge is 2.35. The molecule has 0 spiro atoms. The SMILES string of the molecule is CCOC(=O)C1(N)C=CC=C(c2ccccc2)C1. The number of carbonyl (C=O) groups is 1. The highest BCUT2D eigenvalue weighted by atomic mass is 16.5. The van der Waals surface area contributed by atoms with Crippen molar-refractivity contribution in [2.45, 2.75) is 18.9 Å². The minimum absolute atomic E-state index is 0.343. The van der Waals surface area contributed by atoms with Gasteiger partial charge in [-0.25, -0.2) is 4.79 Å². The maximum Gasteiger partial charge on any atom is 0.330 e. The summed E-state index contributed by atoms with van der Waals surface area (Å²) in [4.78, 5) is 11.9. The van der Waals surface area contributed by atoms with E-state index < -0.39 is 5.54 Å². The molecule has 0 radical (unpaired) electrons. The van der Waals surface area contributed by atoms with Crippen LogP contribution in [-0.2, 0) is 9.53 Å². The molecule has 2 rings (SSSR count). The van der Waals surface area contributed by atoms with Gasteiger partial charge in [0.25, 0.3) is 0 Å². The first-order chi connectivity index (χ1) is 8.65. The summed E-state index contributed by atoms with van der Waals surface area (Å²) >= 11 is 0. The highest BCUT2D eigenvalue weighted by molar-refractivity contribution is 5.88. The van der Waals surface area contributed by atoms with Gasteiger partial charge in [0.15, 0.2) is 0 Å². The summed E-state index contributed by atoms with van der Waals surface area (Å²) in [5.41, 5.74) is 7.20. The third-order valence-electron chi connectivity index (χ3n) is 2.97. The Morgan fingerprint density at radius 2 is 2.11 bits per heavy atom. The van der Waals surface area contributed by atoms with Crippen LogP contribution in [0.25, 0.3) is 5.57 Å². The van der Waals surface area contributed by atoms with Crippen LogP contribution in [0.2, 0.25) is 0 Å². The molecule has 0 saturated carbocycles. The van der Waals surface area contributed by atoms with Gasteiger partial charge < -0.3 is 10.5 Å². The molecular formula is C15H17NO2. The van der Waals surface area contributed by atoms with Crippen LogP contribution in [0.15, 0.2) is 48.6 Å². The van der Waals surface area contributed by atoms with Crippen molar-refractivity contribution in [2.24, 2.45) is 5.73 Å². The van der Waals surface area contributed by atoms with E-state index in [1.54, 1.807) is 13.0 Å².